The third kappa shape index (κ3) is 4.20. The topological polar surface area (TPSA) is 3.24 Å². The van der Waals surface area contributed by atoms with E-state index in [1.165, 1.54) is 30.6 Å². The van der Waals surface area contributed by atoms with Crippen LogP contribution >= 0.6 is 0 Å². The molecule has 1 saturated heterocycles. The fraction of sp³-hybridized carbons (Fsp3) is 0.429. The fourth-order valence-corrected chi connectivity index (χ4v) is 3.42. The predicted octanol–water partition coefficient (Wildman–Crippen LogP) is 5.34. The summed E-state index contributed by atoms with van der Waals surface area (Å²) in [5.41, 5.74) is 2.94. The van der Waals surface area contributed by atoms with E-state index in [1.807, 2.05) is 13.8 Å². The summed E-state index contributed by atoms with van der Waals surface area (Å²) in [7, 11) is 0. The number of likely N-dealkylation sites (tertiary alicyclic amines) is 1. The van der Waals surface area contributed by atoms with E-state index in [-0.39, 0.29) is 0 Å². The number of hydrogen-bond acceptors (Lipinski definition) is 1. The van der Waals surface area contributed by atoms with Crippen LogP contribution in [0.2, 0.25) is 0 Å². The Kier molecular flexibility index (Phi) is 6.67. The Morgan fingerprint density at radius 2 is 1.45 bits per heavy atom. The molecule has 0 amide bonds. The minimum atomic E-state index is 0.699. The Hall–Kier alpha value is -1.60. The van der Waals surface area contributed by atoms with Gasteiger partial charge in [0.2, 0.25) is 0 Å². The van der Waals surface area contributed by atoms with E-state index < -0.39 is 0 Å². The zero-order valence-electron chi connectivity index (χ0n) is 14.2. The van der Waals surface area contributed by atoms with Crippen molar-refractivity contribution in [2.75, 3.05) is 13.1 Å². The maximum absolute atomic E-state index is 2.61. The van der Waals surface area contributed by atoms with Gasteiger partial charge in [-0.05, 0) is 17.0 Å². The molecule has 1 aliphatic heterocycles. The highest BCUT2D eigenvalue weighted by Gasteiger charge is 2.32. The van der Waals surface area contributed by atoms with Crippen molar-refractivity contribution in [2.24, 2.45) is 5.92 Å². The molecule has 1 aliphatic rings. The lowest BCUT2D eigenvalue weighted by Gasteiger charge is -2.17. The summed E-state index contributed by atoms with van der Waals surface area (Å²) in [6.45, 7) is 9.83. The first-order valence-electron chi connectivity index (χ1n) is 8.68. The Morgan fingerprint density at radius 3 is 2.05 bits per heavy atom. The van der Waals surface area contributed by atoms with Crippen LogP contribution in [-0.2, 0) is 6.54 Å². The first kappa shape index (κ1) is 16.8. The van der Waals surface area contributed by atoms with Crippen molar-refractivity contribution in [3.63, 3.8) is 0 Å². The zero-order chi connectivity index (χ0) is 15.8. The van der Waals surface area contributed by atoms with Crippen LogP contribution < -0.4 is 0 Å². The van der Waals surface area contributed by atoms with Crippen LogP contribution in [0.15, 0.2) is 60.7 Å². The third-order valence-electron chi connectivity index (χ3n) is 4.52. The van der Waals surface area contributed by atoms with Crippen LogP contribution in [-0.4, -0.2) is 18.0 Å². The summed E-state index contributed by atoms with van der Waals surface area (Å²) < 4.78 is 0. The minimum Gasteiger partial charge on any atom is -0.298 e. The third-order valence-corrected chi connectivity index (χ3v) is 4.52. The monoisotopic (exact) mass is 295 g/mol. The molecule has 0 N–H and O–H groups in total. The van der Waals surface area contributed by atoms with Crippen LogP contribution in [0.25, 0.3) is 0 Å². The Bertz CT molecular complexity index is 520. The molecular weight excluding hydrogens is 266 g/mol. The van der Waals surface area contributed by atoms with Crippen molar-refractivity contribution in [3.05, 3.63) is 71.8 Å². The van der Waals surface area contributed by atoms with Crippen molar-refractivity contribution in [1.29, 1.82) is 0 Å². The molecule has 0 spiro atoms. The van der Waals surface area contributed by atoms with Gasteiger partial charge in [0.25, 0.3) is 0 Å². The van der Waals surface area contributed by atoms with Gasteiger partial charge in [-0.15, -0.1) is 0 Å². The van der Waals surface area contributed by atoms with E-state index in [2.05, 4.69) is 72.5 Å². The molecule has 0 unspecified atom stereocenters. The molecule has 118 valence electrons. The normalized spacial score (nSPS) is 21.2. The van der Waals surface area contributed by atoms with Crippen molar-refractivity contribution in [3.8, 4) is 0 Å². The molecule has 2 aromatic rings. The molecule has 0 saturated carbocycles. The second kappa shape index (κ2) is 8.75. The maximum atomic E-state index is 2.61. The average Bonchev–Trinajstić information content (AvgIpc) is 3.01. The molecule has 0 aromatic heterocycles. The lowest BCUT2D eigenvalue weighted by Crippen LogP contribution is -2.20. The van der Waals surface area contributed by atoms with Crippen LogP contribution in [0.3, 0.4) is 0 Å². The van der Waals surface area contributed by atoms with Crippen molar-refractivity contribution in [2.45, 2.75) is 39.7 Å². The van der Waals surface area contributed by atoms with Crippen molar-refractivity contribution < 1.29 is 0 Å². The molecule has 2 aromatic carbocycles. The van der Waals surface area contributed by atoms with Gasteiger partial charge in [0.15, 0.2) is 0 Å². The van der Waals surface area contributed by atoms with Crippen molar-refractivity contribution in [1.82, 2.24) is 4.90 Å². The lowest BCUT2D eigenvalue weighted by atomic mass is 9.87. The number of benzene rings is 2. The minimum absolute atomic E-state index is 0.699. The van der Waals surface area contributed by atoms with Crippen LogP contribution in [0.5, 0.6) is 0 Å². The smallest absolute Gasteiger partial charge is 0.0234 e. The predicted molar refractivity (Wildman–Crippen MR) is 96.0 cm³/mol. The quantitative estimate of drug-likeness (QED) is 0.736. The molecule has 2 atom stereocenters. The van der Waals surface area contributed by atoms with Gasteiger partial charge in [-0.1, -0.05) is 87.9 Å². The number of nitrogens with zero attached hydrogens (tertiary/aromatic N) is 1. The first-order chi connectivity index (χ1) is 10.9. The van der Waals surface area contributed by atoms with E-state index in [9.17, 15) is 0 Å². The molecule has 1 heterocycles. The SMILES string of the molecule is CC.CC[C@@H]1CN(Cc2ccccc2)C[C@H]1c1ccccc1. The molecule has 1 nitrogen and oxygen atoms in total. The van der Waals surface area contributed by atoms with E-state index in [0.29, 0.717) is 5.92 Å². The van der Waals surface area contributed by atoms with Gasteiger partial charge in [-0.2, -0.15) is 0 Å². The first-order valence-corrected chi connectivity index (χ1v) is 8.68. The molecule has 0 aliphatic carbocycles. The molecule has 0 radical (unpaired) electrons. The van der Waals surface area contributed by atoms with Crippen LogP contribution in [0.4, 0.5) is 0 Å². The molecule has 1 fully saturated rings. The largest absolute Gasteiger partial charge is 0.298 e. The standard InChI is InChI=1S/C19H23N.C2H6/c1-2-17-14-20(13-16-9-5-3-6-10-16)15-19(17)18-11-7-4-8-12-18;1-2/h3-12,17,19H,2,13-15H2,1H3;1-2H3/t17-,19-;/m1./s1. The van der Waals surface area contributed by atoms with Gasteiger partial charge in [0, 0.05) is 25.6 Å². The zero-order valence-corrected chi connectivity index (χ0v) is 14.2. The number of rotatable bonds is 4. The highest BCUT2D eigenvalue weighted by molar-refractivity contribution is 5.23. The van der Waals surface area contributed by atoms with Gasteiger partial charge in [0.1, 0.15) is 0 Å². The highest BCUT2D eigenvalue weighted by Crippen LogP contribution is 2.35. The average molecular weight is 295 g/mol. The van der Waals surface area contributed by atoms with Gasteiger partial charge in [0.05, 0.1) is 0 Å². The van der Waals surface area contributed by atoms with E-state index >= 15 is 0 Å². The summed E-state index contributed by atoms with van der Waals surface area (Å²) >= 11 is 0. The van der Waals surface area contributed by atoms with Crippen LogP contribution in [0.1, 0.15) is 44.2 Å². The summed E-state index contributed by atoms with van der Waals surface area (Å²) in [5.74, 6) is 1.49. The van der Waals surface area contributed by atoms with Gasteiger partial charge in [-0.25, -0.2) is 0 Å². The Morgan fingerprint density at radius 1 is 0.864 bits per heavy atom. The number of hydrogen-bond donors (Lipinski definition) is 0. The second-order valence-corrected chi connectivity index (χ2v) is 5.87. The summed E-state index contributed by atoms with van der Waals surface area (Å²) in [4.78, 5) is 2.61. The molecule has 0 bridgehead atoms. The van der Waals surface area contributed by atoms with Gasteiger partial charge in [-0.3, -0.25) is 4.90 Å². The molecular formula is C21H29N. The van der Waals surface area contributed by atoms with Gasteiger partial charge >= 0.3 is 0 Å². The molecule has 3 rings (SSSR count). The Labute approximate surface area is 136 Å². The van der Waals surface area contributed by atoms with E-state index in [0.717, 1.165) is 12.5 Å². The van der Waals surface area contributed by atoms with E-state index in [4.69, 9.17) is 0 Å². The van der Waals surface area contributed by atoms with E-state index in [1.54, 1.807) is 0 Å². The van der Waals surface area contributed by atoms with Crippen LogP contribution in [0, 0.1) is 5.92 Å². The Balaban J connectivity index is 0.000000847. The summed E-state index contributed by atoms with van der Waals surface area (Å²) in [6.07, 6.45) is 1.27. The lowest BCUT2D eigenvalue weighted by molar-refractivity contribution is 0.314. The van der Waals surface area contributed by atoms with Crippen molar-refractivity contribution >= 4 is 0 Å². The maximum Gasteiger partial charge on any atom is 0.0234 e. The fourth-order valence-electron chi connectivity index (χ4n) is 3.42. The van der Waals surface area contributed by atoms with Gasteiger partial charge < -0.3 is 0 Å². The summed E-state index contributed by atoms with van der Waals surface area (Å²) in [5, 5.41) is 0. The molecule has 22 heavy (non-hydrogen) atoms. The molecule has 1 heteroatoms. The second-order valence-electron chi connectivity index (χ2n) is 5.87. The summed E-state index contributed by atoms with van der Waals surface area (Å²) in [6, 6.07) is 21.9. The highest BCUT2D eigenvalue weighted by atomic mass is 15.2.